The number of rotatable bonds is 2. The Balaban J connectivity index is 1.87. The molecule has 2 heterocycles. The minimum atomic E-state index is -0.385. The number of halogens is 1. The number of H-pyrrole nitrogens is 1. The molecule has 4 nitrogen and oxygen atoms in total. The fraction of sp³-hybridized carbons (Fsp3) is 0.438. The van der Waals surface area contributed by atoms with Crippen molar-refractivity contribution in [3.8, 4) is 0 Å². The van der Waals surface area contributed by atoms with Crippen LogP contribution in [0.3, 0.4) is 0 Å². The molecule has 112 valence electrons. The van der Waals surface area contributed by atoms with Gasteiger partial charge in [-0.25, -0.2) is 4.39 Å². The van der Waals surface area contributed by atoms with E-state index in [-0.39, 0.29) is 17.3 Å². The third-order valence-electron chi connectivity index (χ3n) is 4.13. The number of likely N-dealkylation sites (tertiary alicyclic amines) is 1. The summed E-state index contributed by atoms with van der Waals surface area (Å²) in [6.07, 6.45) is 3.07. The lowest BCUT2D eigenvalue weighted by atomic mass is 10.1. The molecule has 1 aliphatic rings. The lowest BCUT2D eigenvalue weighted by Gasteiger charge is -2.20. The van der Waals surface area contributed by atoms with Crippen LogP contribution in [0.1, 0.15) is 25.0 Å². The van der Waals surface area contributed by atoms with Crippen molar-refractivity contribution in [2.75, 3.05) is 13.1 Å². The Morgan fingerprint density at radius 1 is 1.33 bits per heavy atom. The summed E-state index contributed by atoms with van der Waals surface area (Å²) < 4.78 is 13.8. The highest BCUT2D eigenvalue weighted by molar-refractivity contribution is 5.78. The highest BCUT2D eigenvalue weighted by atomic mass is 19.1. The fourth-order valence-electron chi connectivity index (χ4n) is 2.95. The van der Waals surface area contributed by atoms with Crippen LogP contribution >= 0.6 is 0 Å². The van der Waals surface area contributed by atoms with Gasteiger partial charge in [-0.3, -0.25) is 9.69 Å². The molecule has 1 atom stereocenters. The van der Waals surface area contributed by atoms with E-state index in [4.69, 9.17) is 5.73 Å². The quantitative estimate of drug-likeness (QED) is 0.888. The van der Waals surface area contributed by atoms with Gasteiger partial charge < -0.3 is 10.7 Å². The van der Waals surface area contributed by atoms with Gasteiger partial charge in [-0.2, -0.15) is 0 Å². The number of benzene rings is 1. The lowest BCUT2D eigenvalue weighted by Crippen LogP contribution is -2.27. The van der Waals surface area contributed by atoms with Gasteiger partial charge in [0.05, 0.1) is 5.52 Å². The molecule has 3 rings (SSSR count). The van der Waals surface area contributed by atoms with Crippen LogP contribution in [0, 0.1) is 5.82 Å². The fourth-order valence-corrected chi connectivity index (χ4v) is 2.95. The first-order valence-electron chi connectivity index (χ1n) is 7.42. The number of pyridine rings is 1. The molecule has 0 amide bonds. The molecule has 21 heavy (non-hydrogen) atoms. The maximum Gasteiger partial charge on any atom is 0.189 e. The Kier molecular flexibility index (Phi) is 4.03. The average molecular weight is 289 g/mol. The van der Waals surface area contributed by atoms with Crippen LogP contribution in [0.4, 0.5) is 4.39 Å². The molecule has 0 spiro atoms. The monoisotopic (exact) mass is 289 g/mol. The molecule has 0 unspecified atom stereocenters. The van der Waals surface area contributed by atoms with Gasteiger partial charge in [-0.05, 0) is 37.9 Å². The number of aromatic amines is 1. The number of aromatic nitrogens is 1. The lowest BCUT2D eigenvalue weighted by molar-refractivity contribution is 0.272. The zero-order chi connectivity index (χ0) is 14.8. The highest BCUT2D eigenvalue weighted by Crippen LogP contribution is 2.15. The molecule has 0 radical (unpaired) electrons. The van der Waals surface area contributed by atoms with Crippen LogP contribution in [-0.4, -0.2) is 29.0 Å². The maximum atomic E-state index is 13.8. The van der Waals surface area contributed by atoms with Crippen LogP contribution in [0.5, 0.6) is 0 Å². The van der Waals surface area contributed by atoms with Gasteiger partial charge in [0.25, 0.3) is 0 Å². The molecule has 0 bridgehead atoms. The van der Waals surface area contributed by atoms with E-state index in [1.54, 1.807) is 18.2 Å². The zero-order valence-corrected chi connectivity index (χ0v) is 11.9. The summed E-state index contributed by atoms with van der Waals surface area (Å²) in [5.41, 5.74) is 6.90. The Bertz CT molecular complexity index is 697. The third kappa shape index (κ3) is 3.14. The van der Waals surface area contributed by atoms with E-state index in [1.165, 1.54) is 6.07 Å². The van der Waals surface area contributed by atoms with E-state index >= 15 is 0 Å². The van der Waals surface area contributed by atoms with Gasteiger partial charge in [0.1, 0.15) is 5.82 Å². The van der Waals surface area contributed by atoms with Gasteiger partial charge in [-0.15, -0.1) is 0 Å². The van der Waals surface area contributed by atoms with E-state index in [1.807, 2.05) is 0 Å². The molecule has 1 aromatic carbocycles. The standard InChI is InChI=1S/C16H20FN3O/c17-14-5-1-4-13-15(21)9-12(19-16(13)14)10-20-7-2-3-11(18)6-8-20/h1,4-5,9,11H,2-3,6-8,10,18H2,(H,19,21)/t11-/m0/s1. The van der Waals surface area contributed by atoms with Crippen molar-refractivity contribution in [2.24, 2.45) is 5.73 Å². The number of hydrogen-bond donors (Lipinski definition) is 2. The summed E-state index contributed by atoms with van der Waals surface area (Å²) in [5.74, 6) is -0.385. The van der Waals surface area contributed by atoms with Gasteiger partial charge in [0, 0.05) is 36.3 Å². The molecular weight excluding hydrogens is 269 g/mol. The van der Waals surface area contributed by atoms with Crippen molar-refractivity contribution in [1.29, 1.82) is 0 Å². The van der Waals surface area contributed by atoms with E-state index in [0.717, 1.165) is 38.0 Å². The second-order valence-electron chi connectivity index (χ2n) is 5.79. The molecule has 1 aliphatic heterocycles. The molecule has 1 saturated heterocycles. The summed E-state index contributed by atoms with van der Waals surface area (Å²) in [6.45, 7) is 2.51. The van der Waals surface area contributed by atoms with E-state index in [2.05, 4.69) is 9.88 Å². The highest BCUT2D eigenvalue weighted by Gasteiger charge is 2.15. The summed E-state index contributed by atoms with van der Waals surface area (Å²) >= 11 is 0. The van der Waals surface area contributed by atoms with Crippen LogP contribution in [0.2, 0.25) is 0 Å². The number of para-hydroxylation sites is 1. The van der Waals surface area contributed by atoms with Crippen molar-refractivity contribution >= 4 is 10.9 Å². The van der Waals surface area contributed by atoms with Crippen molar-refractivity contribution < 1.29 is 4.39 Å². The Labute approximate surface area is 122 Å². The van der Waals surface area contributed by atoms with E-state index < -0.39 is 0 Å². The Hall–Kier alpha value is -1.72. The zero-order valence-electron chi connectivity index (χ0n) is 11.9. The summed E-state index contributed by atoms with van der Waals surface area (Å²) in [7, 11) is 0. The van der Waals surface area contributed by atoms with Crippen molar-refractivity contribution in [1.82, 2.24) is 9.88 Å². The predicted molar refractivity (Wildman–Crippen MR) is 81.6 cm³/mol. The van der Waals surface area contributed by atoms with Gasteiger partial charge in [0.2, 0.25) is 0 Å². The van der Waals surface area contributed by atoms with Crippen molar-refractivity contribution in [3.63, 3.8) is 0 Å². The summed E-state index contributed by atoms with van der Waals surface area (Å²) in [5, 5.41) is 0.400. The number of nitrogens with two attached hydrogens (primary N) is 1. The molecule has 1 aromatic heterocycles. The van der Waals surface area contributed by atoms with Crippen LogP contribution in [0.15, 0.2) is 29.1 Å². The van der Waals surface area contributed by atoms with Gasteiger partial charge >= 0.3 is 0 Å². The molecule has 3 N–H and O–H groups in total. The minimum absolute atomic E-state index is 0.134. The normalized spacial score (nSPS) is 20.6. The number of fused-ring (bicyclic) bond motifs is 1. The number of nitrogens with one attached hydrogen (secondary N) is 1. The smallest absolute Gasteiger partial charge is 0.189 e. The second kappa shape index (κ2) is 5.95. The molecular formula is C16H20FN3O. The average Bonchev–Trinajstić information content (AvgIpc) is 2.65. The topological polar surface area (TPSA) is 62.1 Å². The predicted octanol–water partition coefficient (Wildman–Crippen LogP) is 1.98. The molecule has 2 aromatic rings. The summed E-state index contributed by atoms with van der Waals surface area (Å²) in [6, 6.07) is 6.41. The third-order valence-corrected chi connectivity index (χ3v) is 4.13. The first kappa shape index (κ1) is 14.2. The first-order chi connectivity index (χ1) is 10.1. The van der Waals surface area contributed by atoms with Crippen molar-refractivity contribution in [3.05, 3.63) is 46.0 Å². The van der Waals surface area contributed by atoms with E-state index in [0.29, 0.717) is 17.4 Å². The largest absolute Gasteiger partial charge is 0.355 e. The van der Waals surface area contributed by atoms with Crippen LogP contribution < -0.4 is 11.2 Å². The Morgan fingerprint density at radius 3 is 3.05 bits per heavy atom. The van der Waals surface area contributed by atoms with Crippen LogP contribution in [0.25, 0.3) is 10.9 Å². The van der Waals surface area contributed by atoms with Crippen LogP contribution in [-0.2, 0) is 6.54 Å². The van der Waals surface area contributed by atoms with Gasteiger partial charge in [0.15, 0.2) is 5.43 Å². The molecule has 1 fully saturated rings. The van der Waals surface area contributed by atoms with E-state index in [9.17, 15) is 9.18 Å². The molecule has 0 aliphatic carbocycles. The summed E-state index contributed by atoms with van der Waals surface area (Å²) in [4.78, 5) is 17.4. The molecule has 0 saturated carbocycles. The number of nitrogens with zero attached hydrogens (tertiary/aromatic N) is 1. The van der Waals surface area contributed by atoms with Gasteiger partial charge in [-0.1, -0.05) is 6.07 Å². The maximum absolute atomic E-state index is 13.8. The Morgan fingerprint density at radius 2 is 2.19 bits per heavy atom. The minimum Gasteiger partial charge on any atom is -0.355 e. The van der Waals surface area contributed by atoms with Crippen molar-refractivity contribution in [2.45, 2.75) is 31.8 Å². The number of hydrogen-bond acceptors (Lipinski definition) is 3. The second-order valence-corrected chi connectivity index (χ2v) is 5.79. The molecule has 5 heteroatoms. The SMILES string of the molecule is N[C@H]1CCCN(Cc2cc(=O)c3cccc(F)c3[nH]2)CC1. The first-order valence-corrected chi connectivity index (χ1v) is 7.42.